The van der Waals surface area contributed by atoms with Crippen LogP contribution in [0.4, 0.5) is 13.9 Å². The lowest BCUT2D eigenvalue weighted by Crippen LogP contribution is -2.19. The Balaban J connectivity index is 1.76. The molecule has 1 aliphatic rings. The molecule has 25 heavy (non-hydrogen) atoms. The Morgan fingerprint density at radius 3 is 2.52 bits per heavy atom. The molecule has 0 N–H and O–H groups in total. The Morgan fingerprint density at radius 2 is 1.84 bits per heavy atom. The Kier molecular flexibility index (Phi) is 4.05. The fourth-order valence-corrected chi connectivity index (χ4v) is 3.74. The van der Waals surface area contributed by atoms with Gasteiger partial charge >= 0.3 is 0 Å². The summed E-state index contributed by atoms with van der Waals surface area (Å²) in [5, 5.41) is 9.12. The van der Waals surface area contributed by atoms with Gasteiger partial charge in [0.15, 0.2) is 0 Å². The van der Waals surface area contributed by atoms with E-state index in [2.05, 4.69) is 10.1 Å². The summed E-state index contributed by atoms with van der Waals surface area (Å²) in [5.41, 5.74) is 3.11. The zero-order valence-corrected chi connectivity index (χ0v) is 14.3. The van der Waals surface area contributed by atoms with E-state index in [0.29, 0.717) is 12.0 Å². The molecule has 0 fully saturated rings. The fraction of sp³-hybridized carbons (Fsp3) is 0.158. The average Bonchev–Trinajstić information content (AvgIpc) is 3.22. The highest BCUT2D eigenvalue weighted by Gasteiger charge is 2.33. The van der Waals surface area contributed by atoms with Gasteiger partial charge in [0.2, 0.25) is 5.13 Å². The Bertz CT molecular complexity index is 934. The van der Waals surface area contributed by atoms with Gasteiger partial charge in [-0.2, -0.15) is 5.10 Å². The van der Waals surface area contributed by atoms with Gasteiger partial charge in [-0.05, 0) is 30.7 Å². The van der Waals surface area contributed by atoms with Crippen LogP contribution in [0, 0.1) is 18.6 Å². The van der Waals surface area contributed by atoms with Crippen molar-refractivity contribution in [3.63, 3.8) is 0 Å². The Hall–Kier alpha value is -2.60. The van der Waals surface area contributed by atoms with E-state index in [4.69, 9.17) is 0 Å². The van der Waals surface area contributed by atoms with E-state index in [-0.39, 0.29) is 17.7 Å². The lowest BCUT2D eigenvalue weighted by atomic mass is 9.98. The average molecular weight is 355 g/mol. The summed E-state index contributed by atoms with van der Waals surface area (Å²) in [6, 6.07) is 12.7. The first-order valence-corrected chi connectivity index (χ1v) is 8.79. The van der Waals surface area contributed by atoms with E-state index in [1.54, 1.807) is 29.3 Å². The standard InChI is InChI=1S/C19H15F2N3S/c1-12-11-25-19(22-12)24-18(15-4-2-3-5-16(15)21)10-17(23-24)13-6-8-14(20)9-7-13/h2-9,11,18H,10H2,1H3/t18-/m1/s1. The van der Waals surface area contributed by atoms with Crippen LogP contribution >= 0.6 is 11.3 Å². The third-order valence-corrected chi connectivity index (χ3v) is 5.10. The van der Waals surface area contributed by atoms with E-state index in [0.717, 1.165) is 22.1 Å². The monoisotopic (exact) mass is 355 g/mol. The molecule has 126 valence electrons. The molecule has 0 amide bonds. The minimum absolute atomic E-state index is 0.263. The molecule has 6 heteroatoms. The van der Waals surface area contributed by atoms with Crippen molar-refractivity contribution in [1.29, 1.82) is 0 Å². The molecule has 4 rings (SSSR count). The number of aromatic nitrogens is 1. The van der Waals surface area contributed by atoms with Crippen molar-refractivity contribution in [2.75, 3.05) is 5.01 Å². The van der Waals surface area contributed by atoms with E-state index < -0.39 is 0 Å². The van der Waals surface area contributed by atoms with Crippen LogP contribution in [-0.4, -0.2) is 10.7 Å². The van der Waals surface area contributed by atoms with E-state index >= 15 is 0 Å². The van der Waals surface area contributed by atoms with Gasteiger partial charge in [-0.25, -0.2) is 18.8 Å². The molecule has 0 spiro atoms. The molecule has 0 radical (unpaired) electrons. The predicted molar refractivity (Wildman–Crippen MR) is 96.0 cm³/mol. The zero-order chi connectivity index (χ0) is 17.4. The first kappa shape index (κ1) is 15.9. The van der Waals surface area contributed by atoms with Gasteiger partial charge in [0, 0.05) is 17.4 Å². The molecule has 2 heterocycles. The van der Waals surface area contributed by atoms with Gasteiger partial charge in [0.1, 0.15) is 11.6 Å². The second kappa shape index (κ2) is 6.37. The van der Waals surface area contributed by atoms with Crippen molar-refractivity contribution in [2.45, 2.75) is 19.4 Å². The summed E-state index contributed by atoms with van der Waals surface area (Å²) in [5.74, 6) is -0.554. The summed E-state index contributed by atoms with van der Waals surface area (Å²) < 4.78 is 27.6. The maximum Gasteiger partial charge on any atom is 0.206 e. The summed E-state index contributed by atoms with van der Waals surface area (Å²) in [4.78, 5) is 4.50. The van der Waals surface area contributed by atoms with Crippen LogP contribution < -0.4 is 5.01 Å². The first-order valence-electron chi connectivity index (χ1n) is 7.91. The Morgan fingerprint density at radius 1 is 1.08 bits per heavy atom. The van der Waals surface area contributed by atoms with Gasteiger partial charge in [-0.1, -0.05) is 30.3 Å². The molecule has 2 aromatic carbocycles. The van der Waals surface area contributed by atoms with Gasteiger partial charge in [-0.3, -0.25) is 0 Å². The van der Waals surface area contributed by atoms with E-state index in [9.17, 15) is 8.78 Å². The third kappa shape index (κ3) is 3.05. The molecule has 0 aliphatic carbocycles. The molecular formula is C19H15F2N3S. The number of nitrogens with zero attached hydrogens (tertiary/aromatic N) is 3. The minimum Gasteiger partial charge on any atom is -0.231 e. The Labute approximate surface area is 148 Å². The van der Waals surface area contributed by atoms with Gasteiger partial charge < -0.3 is 0 Å². The van der Waals surface area contributed by atoms with Crippen LogP contribution in [0.1, 0.15) is 29.3 Å². The highest BCUT2D eigenvalue weighted by atomic mass is 32.1. The third-order valence-electron chi connectivity index (χ3n) is 4.15. The fourth-order valence-electron chi connectivity index (χ4n) is 2.94. The van der Waals surface area contributed by atoms with Crippen LogP contribution in [0.3, 0.4) is 0 Å². The summed E-state index contributed by atoms with van der Waals surface area (Å²) >= 11 is 1.48. The molecule has 0 bridgehead atoms. The number of aryl methyl sites for hydroxylation is 1. The predicted octanol–water partition coefficient (Wildman–Crippen LogP) is 5.09. The lowest BCUT2D eigenvalue weighted by molar-refractivity contribution is 0.579. The summed E-state index contributed by atoms with van der Waals surface area (Å²) in [6.07, 6.45) is 0.533. The second-order valence-electron chi connectivity index (χ2n) is 5.91. The van der Waals surface area contributed by atoms with Crippen LogP contribution in [-0.2, 0) is 0 Å². The quantitative estimate of drug-likeness (QED) is 0.655. The van der Waals surface area contributed by atoms with Crippen molar-refractivity contribution < 1.29 is 8.78 Å². The second-order valence-corrected chi connectivity index (χ2v) is 6.75. The van der Waals surface area contributed by atoms with Crippen molar-refractivity contribution in [3.8, 4) is 0 Å². The molecule has 1 aromatic heterocycles. The van der Waals surface area contributed by atoms with Crippen molar-refractivity contribution in [2.24, 2.45) is 5.10 Å². The number of hydrazone groups is 1. The first-order chi connectivity index (χ1) is 12.1. The summed E-state index contributed by atoms with van der Waals surface area (Å²) in [6.45, 7) is 1.92. The largest absolute Gasteiger partial charge is 0.231 e. The minimum atomic E-state index is -0.291. The van der Waals surface area contributed by atoms with Gasteiger partial charge in [0.25, 0.3) is 0 Å². The van der Waals surface area contributed by atoms with E-state index in [1.165, 1.54) is 29.5 Å². The normalized spacial score (nSPS) is 17.0. The molecule has 0 saturated heterocycles. The molecule has 1 atom stereocenters. The van der Waals surface area contributed by atoms with Crippen LogP contribution in [0.15, 0.2) is 59.0 Å². The SMILES string of the molecule is Cc1csc(N2N=C(c3ccc(F)cc3)C[C@@H]2c2ccccc2F)n1. The molecule has 3 aromatic rings. The molecule has 0 saturated carbocycles. The summed E-state index contributed by atoms with van der Waals surface area (Å²) in [7, 11) is 0. The van der Waals surface area contributed by atoms with Gasteiger partial charge in [-0.15, -0.1) is 11.3 Å². The zero-order valence-electron chi connectivity index (χ0n) is 13.5. The number of hydrogen-bond donors (Lipinski definition) is 0. The number of rotatable bonds is 3. The van der Waals surface area contributed by atoms with Crippen molar-refractivity contribution in [3.05, 3.63) is 82.4 Å². The van der Waals surface area contributed by atoms with Crippen molar-refractivity contribution >= 4 is 22.2 Å². The lowest BCUT2D eigenvalue weighted by Gasteiger charge is -2.21. The highest BCUT2D eigenvalue weighted by Crippen LogP contribution is 2.38. The van der Waals surface area contributed by atoms with Crippen LogP contribution in [0.2, 0.25) is 0 Å². The number of hydrogen-bond acceptors (Lipinski definition) is 4. The highest BCUT2D eigenvalue weighted by molar-refractivity contribution is 7.13. The van der Waals surface area contributed by atoms with Crippen molar-refractivity contribution in [1.82, 2.24) is 4.98 Å². The molecule has 1 aliphatic heterocycles. The maximum atomic E-state index is 14.4. The number of anilines is 1. The smallest absolute Gasteiger partial charge is 0.206 e. The maximum absolute atomic E-state index is 14.4. The van der Waals surface area contributed by atoms with E-state index in [1.807, 2.05) is 18.4 Å². The molecular weight excluding hydrogens is 340 g/mol. The number of benzene rings is 2. The van der Waals surface area contributed by atoms with Crippen LogP contribution in [0.5, 0.6) is 0 Å². The number of halogens is 2. The molecule has 0 unspecified atom stereocenters. The van der Waals surface area contributed by atoms with Gasteiger partial charge in [0.05, 0.1) is 17.4 Å². The number of thiazole rings is 1. The van der Waals surface area contributed by atoms with Crippen LogP contribution in [0.25, 0.3) is 0 Å². The molecule has 3 nitrogen and oxygen atoms in total. The topological polar surface area (TPSA) is 28.5 Å².